The second-order valence-corrected chi connectivity index (χ2v) is 5.80. The molecule has 1 aliphatic heterocycles. The van der Waals surface area contributed by atoms with Crippen LogP contribution in [0.15, 0.2) is 18.2 Å². The highest BCUT2D eigenvalue weighted by Gasteiger charge is 2.24. The van der Waals surface area contributed by atoms with E-state index in [9.17, 15) is 14.9 Å². The molecule has 0 unspecified atom stereocenters. The van der Waals surface area contributed by atoms with Crippen molar-refractivity contribution in [3.63, 3.8) is 0 Å². The summed E-state index contributed by atoms with van der Waals surface area (Å²) < 4.78 is 5.45. The summed E-state index contributed by atoms with van der Waals surface area (Å²) in [6.45, 7) is 6.39. The average Bonchev–Trinajstić information content (AvgIpc) is 2.53. The number of hydrogen-bond donors (Lipinski definition) is 1. The first kappa shape index (κ1) is 17.2. The highest BCUT2D eigenvalue weighted by Crippen LogP contribution is 2.23. The number of nitrogens with zero attached hydrogens (tertiary/aromatic N) is 2. The molecule has 126 valence electrons. The fourth-order valence-corrected chi connectivity index (χ4v) is 2.81. The third kappa shape index (κ3) is 4.66. The molecule has 1 N–H and O–H groups in total. The van der Waals surface area contributed by atoms with E-state index in [2.05, 4.69) is 5.32 Å². The Morgan fingerprint density at radius 1 is 1.52 bits per heavy atom. The number of carbonyl (C=O) groups excluding carboxylic acids is 1. The Bertz CT molecular complexity index is 576. The Kier molecular flexibility index (Phi) is 5.92. The average molecular weight is 321 g/mol. The molecule has 1 aliphatic rings. The molecule has 0 saturated carbocycles. The molecule has 1 aromatic carbocycles. The van der Waals surface area contributed by atoms with Gasteiger partial charge in [0.25, 0.3) is 5.69 Å². The van der Waals surface area contributed by atoms with Crippen LogP contribution in [0, 0.1) is 23.0 Å². The van der Waals surface area contributed by atoms with E-state index in [4.69, 9.17) is 4.74 Å². The first-order valence-electron chi connectivity index (χ1n) is 7.90. The van der Waals surface area contributed by atoms with Crippen LogP contribution in [0.25, 0.3) is 0 Å². The Hall–Kier alpha value is -2.15. The minimum Gasteiger partial charge on any atom is -0.381 e. The van der Waals surface area contributed by atoms with Crippen LogP contribution in [0.2, 0.25) is 0 Å². The van der Waals surface area contributed by atoms with Crippen molar-refractivity contribution in [1.29, 1.82) is 0 Å². The van der Waals surface area contributed by atoms with Gasteiger partial charge in [0.15, 0.2) is 0 Å². The van der Waals surface area contributed by atoms with Gasteiger partial charge in [0, 0.05) is 42.9 Å². The van der Waals surface area contributed by atoms with Gasteiger partial charge in [-0.05, 0) is 38.8 Å². The van der Waals surface area contributed by atoms with E-state index >= 15 is 0 Å². The predicted molar refractivity (Wildman–Crippen MR) is 87.6 cm³/mol. The molecule has 23 heavy (non-hydrogen) atoms. The van der Waals surface area contributed by atoms with Gasteiger partial charge >= 0.3 is 6.03 Å². The van der Waals surface area contributed by atoms with Crippen LogP contribution in [0.5, 0.6) is 0 Å². The van der Waals surface area contributed by atoms with Gasteiger partial charge < -0.3 is 15.0 Å². The molecule has 0 spiro atoms. The lowest BCUT2D eigenvalue weighted by molar-refractivity contribution is -0.385. The zero-order chi connectivity index (χ0) is 16.8. The Morgan fingerprint density at radius 3 is 2.96 bits per heavy atom. The standard InChI is InChI=1S/C16H23N3O4/c1-3-23-11-13-5-4-8-18(10-13)16(20)17-14-6-7-15(19(21)22)12(2)9-14/h6-7,9,13H,3-5,8,10-11H2,1-2H3,(H,17,20)/t13-/m1/s1. The zero-order valence-electron chi connectivity index (χ0n) is 13.6. The van der Waals surface area contributed by atoms with Gasteiger partial charge in [-0.3, -0.25) is 10.1 Å². The van der Waals surface area contributed by atoms with E-state index in [1.807, 2.05) is 6.92 Å². The minimum absolute atomic E-state index is 0.0535. The molecular weight excluding hydrogens is 298 g/mol. The number of anilines is 1. The van der Waals surface area contributed by atoms with Crippen LogP contribution < -0.4 is 5.32 Å². The molecule has 1 fully saturated rings. The highest BCUT2D eigenvalue weighted by molar-refractivity contribution is 5.89. The lowest BCUT2D eigenvalue weighted by atomic mass is 9.99. The molecule has 2 rings (SSSR count). The van der Waals surface area contributed by atoms with Crippen LogP contribution in [-0.4, -0.2) is 42.2 Å². The van der Waals surface area contributed by atoms with Crippen molar-refractivity contribution in [1.82, 2.24) is 4.90 Å². The van der Waals surface area contributed by atoms with E-state index in [0.717, 1.165) is 19.4 Å². The van der Waals surface area contributed by atoms with E-state index in [1.54, 1.807) is 24.0 Å². The lowest BCUT2D eigenvalue weighted by Gasteiger charge is -2.32. The summed E-state index contributed by atoms with van der Waals surface area (Å²) in [6, 6.07) is 4.43. The fourth-order valence-electron chi connectivity index (χ4n) is 2.81. The lowest BCUT2D eigenvalue weighted by Crippen LogP contribution is -2.43. The molecule has 1 saturated heterocycles. The number of urea groups is 1. The Labute approximate surface area is 135 Å². The molecule has 2 amide bonds. The maximum atomic E-state index is 12.4. The SMILES string of the molecule is CCOC[C@@H]1CCCN(C(=O)Nc2ccc([N+](=O)[O-])c(C)c2)C1. The second-order valence-electron chi connectivity index (χ2n) is 5.80. The molecule has 0 aromatic heterocycles. The first-order chi connectivity index (χ1) is 11.0. The molecule has 7 heteroatoms. The van der Waals surface area contributed by atoms with Gasteiger partial charge in [-0.15, -0.1) is 0 Å². The third-order valence-electron chi connectivity index (χ3n) is 4.01. The van der Waals surface area contributed by atoms with Gasteiger partial charge in [-0.2, -0.15) is 0 Å². The van der Waals surface area contributed by atoms with Crippen molar-refractivity contribution in [3.8, 4) is 0 Å². The number of nitro benzene ring substituents is 1. The molecule has 1 aromatic rings. The Balaban J connectivity index is 1.96. The summed E-state index contributed by atoms with van der Waals surface area (Å²) in [4.78, 5) is 24.5. The molecule has 1 atom stereocenters. The second kappa shape index (κ2) is 7.92. The zero-order valence-corrected chi connectivity index (χ0v) is 13.6. The van der Waals surface area contributed by atoms with Crippen molar-refractivity contribution in [3.05, 3.63) is 33.9 Å². The molecular formula is C16H23N3O4. The van der Waals surface area contributed by atoms with E-state index in [1.165, 1.54) is 6.07 Å². The number of nitro groups is 1. The van der Waals surface area contributed by atoms with Gasteiger partial charge in [-0.1, -0.05) is 0 Å². The maximum absolute atomic E-state index is 12.4. The number of nitrogens with one attached hydrogen (secondary N) is 1. The number of carbonyl (C=O) groups is 1. The number of piperidine rings is 1. The quantitative estimate of drug-likeness (QED) is 0.666. The molecule has 0 aliphatic carbocycles. The normalized spacial score (nSPS) is 17.8. The minimum atomic E-state index is -0.427. The first-order valence-corrected chi connectivity index (χ1v) is 7.90. The number of rotatable bonds is 5. The third-order valence-corrected chi connectivity index (χ3v) is 4.01. The summed E-state index contributed by atoms with van der Waals surface area (Å²) in [5.74, 6) is 0.369. The number of hydrogen-bond acceptors (Lipinski definition) is 4. The molecule has 7 nitrogen and oxygen atoms in total. The highest BCUT2D eigenvalue weighted by atomic mass is 16.6. The molecule has 0 radical (unpaired) electrons. The van der Waals surface area contributed by atoms with Crippen LogP contribution in [0.1, 0.15) is 25.3 Å². The number of aryl methyl sites for hydroxylation is 1. The largest absolute Gasteiger partial charge is 0.381 e. The van der Waals surface area contributed by atoms with E-state index in [0.29, 0.717) is 36.9 Å². The van der Waals surface area contributed by atoms with Gasteiger partial charge in [0.1, 0.15) is 0 Å². The topological polar surface area (TPSA) is 84.7 Å². The summed E-state index contributed by atoms with van der Waals surface area (Å²) in [6.07, 6.45) is 2.03. The van der Waals surface area contributed by atoms with Gasteiger partial charge in [0.2, 0.25) is 0 Å². The van der Waals surface area contributed by atoms with Gasteiger partial charge in [0.05, 0.1) is 11.5 Å². The monoisotopic (exact) mass is 321 g/mol. The summed E-state index contributed by atoms with van der Waals surface area (Å²) in [5.41, 5.74) is 1.16. The fraction of sp³-hybridized carbons (Fsp3) is 0.562. The predicted octanol–water partition coefficient (Wildman–Crippen LogP) is 3.18. The van der Waals surface area contributed by atoms with Crippen molar-refractivity contribution in [2.24, 2.45) is 5.92 Å². The van der Waals surface area contributed by atoms with Crippen molar-refractivity contribution < 1.29 is 14.5 Å². The Morgan fingerprint density at radius 2 is 2.30 bits per heavy atom. The van der Waals surface area contributed by atoms with E-state index in [-0.39, 0.29) is 11.7 Å². The number of ether oxygens (including phenoxy) is 1. The number of benzene rings is 1. The van der Waals surface area contributed by atoms with Crippen LogP contribution in [0.3, 0.4) is 0 Å². The summed E-state index contributed by atoms with van der Waals surface area (Å²) >= 11 is 0. The van der Waals surface area contributed by atoms with Crippen LogP contribution >= 0.6 is 0 Å². The van der Waals surface area contributed by atoms with Crippen LogP contribution in [0.4, 0.5) is 16.2 Å². The van der Waals surface area contributed by atoms with Crippen LogP contribution in [-0.2, 0) is 4.74 Å². The number of likely N-dealkylation sites (tertiary alicyclic amines) is 1. The van der Waals surface area contributed by atoms with Crippen molar-refractivity contribution in [2.75, 3.05) is 31.6 Å². The smallest absolute Gasteiger partial charge is 0.321 e. The molecule has 0 bridgehead atoms. The maximum Gasteiger partial charge on any atom is 0.321 e. The van der Waals surface area contributed by atoms with Crippen molar-refractivity contribution in [2.45, 2.75) is 26.7 Å². The van der Waals surface area contributed by atoms with Crippen molar-refractivity contribution >= 4 is 17.4 Å². The van der Waals surface area contributed by atoms with Gasteiger partial charge in [-0.25, -0.2) is 4.79 Å². The van der Waals surface area contributed by atoms with E-state index < -0.39 is 4.92 Å². The number of amides is 2. The summed E-state index contributed by atoms with van der Waals surface area (Å²) in [7, 11) is 0. The molecule has 1 heterocycles. The summed E-state index contributed by atoms with van der Waals surface area (Å²) in [5, 5.41) is 13.6.